The van der Waals surface area contributed by atoms with Crippen molar-refractivity contribution in [2.45, 2.75) is 19.4 Å². The third-order valence-electron chi connectivity index (χ3n) is 3.57. The Morgan fingerprint density at radius 1 is 0.947 bits per heavy atom. The van der Waals surface area contributed by atoms with Crippen molar-refractivity contribution in [3.8, 4) is 0 Å². The van der Waals surface area contributed by atoms with Gasteiger partial charge < -0.3 is 8.85 Å². The van der Waals surface area contributed by atoms with Gasteiger partial charge in [0.05, 0.1) is 12.7 Å². The standard InChI is InChI=1S/C16H18O2Si/c1-2-14-13-17-19(18-14,15-9-5-3-6-10-15)16-11-7-4-8-12-16/h3-12,14H,2,13H2,1H3. The molecule has 0 amide bonds. The molecule has 0 aliphatic carbocycles. The molecule has 0 bridgehead atoms. The molecule has 0 spiro atoms. The maximum absolute atomic E-state index is 6.39. The Balaban J connectivity index is 2.07. The van der Waals surface area contributed by atoms with Crippen LogP contribution < -0.4 is 10.4 Å². The molecule has 3 rings (SSSR count). The van der Waals surface area contributed by atoms with Crippen LogP contribution in [0.2, 0.25) is 0 Å². The Hall–Kier alpha value is -1.42. The monoisotopic (exact) mass is 270 g/mol. The lowest BCUT2D eigenvalue weighted by atomic mass is 10.3. The van der Waals surface area contributed by atoms with Crippen molar-refractivity contribution in [2.24, 2.45) is 0 Å². The summed E-state index contributed by atoms with van der Waals surface area (Å²) in [6, 6.07) is 20.8. The smallest absolute Gasteiger partial charge is 0.385 e. The fourth-order valence-electron chi connectivity index (χ4n) is 2.50. The Labute approximate surface area is 115 Å². The topological polar surface area (TPSA) is 18.5 Å². The summed E-state index contributed by atoms with van der Waals surface area (Å²) >= 11 is 0. The number of rotatable bonds is 3. The molecule has 1 atom stereocenters. The van der Waals surface area contributed by atoms with Gasteiger partial charge in [-0.25, -0.2) is 0 Å². The highest BCUT2D eigenvalue weighted by Crippen LogP contribution is 2.21. The Kier molecular flexibility index (Phi) is 3.51. The van der Waals surface area contributed by atoms with E-state index in [0.29, 0.717) is 6.61 Å². The van der Waals surface area contributed by atoms with Gasteiger partial charge in [-0.2, -0.15) is 0 Å². The molecule has 0 N–H and O–H groups in total. The Bertz CT molecular complexity index is 487. The summed E-state index contributed by atoms with van der Waals surface area (Å²) in [6.07, 6.45) is 1.21. The Morgan fingerprint density at radius 3 is 1.89 bits per heavy atom. The minimum Gasteiger partial charge on any atom is -0.385 e. The lowest BCUT2D eigenvalue weighted by molar-refractivity contribution is 0.228. The van der Waals surface area contributed by atoms with Gasteiger partial charge in [-0.3, -0.25) is 0 Å². The molecule has 0 radical (unpaired) electrons. The average molecular weight is 270 g/mol. The lowest BCUT2D eigenvalue weighted by Crippen LogP contribution is -2.60. The second-order valence-corrected chi connectivity index (χ2v) is 7.72. The normalized spacial score (nSPS) is 21.4. The lowest BCUT2D eigenvalue weighted by Gasteiger charge is -2.25. The number of hydrogen-bond donors (Lipinski definition) is 0. The van der Waals surface area contributed by atoms with Crippen LogP contribution in [0.4, 0.5) is 0 Å². The van der Waals surface area contributed by atoms with Crippen LogP contribution in [0.5, 0.6) is 0 Å². The molecule has 0 aromatic heterocycles. The van der Waals surface area contributed by atoms with Crippen LogP contribution in [-0.2, 0) is 8.85 Å². The highest BCUT2D eigenvalue weighted by Gasteiger charge is 2.48. The van der Waals surface area contributed by atoms with Crippen molar-refractivity contribution in [3.63, 3.8) is 0 Å². The minimum absolute atomic E-state index is 0.215. The third kappa shape index (κ3) is 2.25. The van der Waals surface area contributed by atoms with Crippen LogP contribution in [0, 0.1) is 0 Å². The molecule has 1 saturated heterocycles. The number of hydrogen-bond acceptors (Lipinski definition) is 2. The van der Waals surface area contributed by atoms with Gasteiger partial charge >= 0.3 is 8.56 Å². The molecule has 98 valence electrons. The second kappa shape index (κ2) is 5.29. The number of benzene rings is 2. The summed E-state index contributed by atoms with van der Waals surface area (Å²) in [5.41, 5.74) is 0. The van der Waals surface area contributed by atoms with Gasteiger partial charge in [-0.05, 0) is 16.8 Å². The van der Waals surface area contributed by atoms with E-state index in [-0.39, 0.29) is 6.10 Å². The molecule has 19 heavy (non-hydrogen) atoms. The van der Waals surface area contributed by atoms with Crippen LogP contribution in [0.1, 0.15) is 13.3 Å². The summed E-state index contributed by atoms with van der Waals surface area (Å²) in [6.45, 7) is 2.85. The van der Waals surface area contributed by atoms with E-state index in [2.05, 4.69) is 55.5 Å². The zero-order chi connectivity index (χ0) is 13.1. The van der Waals surface area contributed by atoms with Crippen LogP contribution in [0.15, 0.2) is 60.7 Å². The quantitative estimate of drug-likeness (QED) is 0.795. The molecule has 2 aromatic carbocycles. The predicted molar refractivity (Wildman–Crippen MR) is 79.0 cm³/mol. The largest absolute Gasteiger partial charge is 0.407 e. The molecule has 2 nitrogen and oxygen atoms in total. The second-order valence-electron chi connectivity index (χ2n) is 4.81. The van der Waals surface area contributed by atoms with Gasteiger partial charge in [0.2, 0.25) is 0 Å². The van der Waals surface area contributed by atoms with E-state index in [1.807, 2.05) is 12.1 Å². The summed E-state index contributed by atoms with van der Waals surface area (Å²) < 4.78 is 12.6. The molecule has 1 fully saturated rings. The van der Waals surface area contributed by atoms with Gasteiger partial charge in [0.1, 0.15) is 0 Å². The van der Waals surface area contributed by atoms with E-state index in [4.69, 9.17) is 8.85 Å². The Morgan fingerprint density at radius 2 is 1.47 bits per heavy atom. The molecule has 1 aliphatic rings. The predicted octanol–water partition coefficient (Wildman–Crippen LogP) is 2.07. The van der Waals surface area contributed by atoms with E-state index < -0.39 is 8.56 Å². The van der Waals surface area contributed by atoms with Crippen LogP contribution in [0.25, 0.3) is 0 Å². The zero-order valence-electron chi connectivity index (χ0n) is 11.1. The van der Waals surface area contributed by atoms with Crippen molar-refractivity contribution < 1.29 is 8.85 Å². The first kappa shape index (κ1) is 12.6. The molecular weight excluding hydrogens is 252 g/mol. The van der Waals surface area contributed by atoms with E-state index in [1.54, 1.807) is 0 Å². The van der Waals surface area contributed by atoms with Gasteiger partial charge in [-0.1, -0.05) is 67.6 Å². The fourth-order valence-corrected chi connectivity index (χ4v) is 5.89. The highest BCUT2D eigenvalue weighted by atomic mass is 28.4. The van der Waals surface area contributed by atoms with Crippen molar-refractivity contribution in [3.05, 3.63) is 60.7 Å². The van der Waals surface area contributed by atoms with E-state index >= 15 is 0 Å². The van der Waals surface area contributed by atoms with Crippen molar-refractivity contribution >= 4 is 18.9 Å². The first-order valence-electron chi connectivity index (χ1n) is 6.78. The van der Waals surface area contributed by atoms with Gasteiger partial charge in [0.25, 0.3) is 0 Å². The van der Waals surface area contributed by atoms with Crippen molar-refractivity contribution in [1.82, 2.24) is 0 Å². The van der Waals surface area contributed by atoms with Crippen molar-refractivity contribution in [1.29, 1.82) is 0 Å². The van der Waals surface area contributed by atoms with E-state index in [0.717, 1.165) is 6.42 Å². The molecule has 1 unspecified atom stereocenters. The molecular formula is C16H18O2Si. The van der Waals surface area contributed by atoms with Crippen LogP contribution >= 0.6 is 0 Å². The maximum Gasteiger partial charge on any atom is 0.407 e. The molecule has 3 heteroatoms. The molecule has 1 heterocycles. The zero-order valence-corrected chi connectivity index (χ0v) is 12.1. The molecule has 1 aliphatic heterocycles. The molecule has 2 aromatic rings. The summed E-state index contributed by atoms with van der Waals surface area (Å²) in [7, 11) is -2.47. The van der Waals surface area contributed by atoms with Crippen LogP contribution in [-0.4, -0.2) is 21.3 Å². The summed E-state index contributed by atoms with van der Waals surface area (Å²) in [5.74, 6) is 0. The van der Waals surface area contributed by atoms with Crippen molar-refractivity contribution in [2.75, 3.05) is 6.61 Å². The minimum atomic E-state index is -2.47. The maximum atomic E-state index is 6.39. The van der Waals surface area contributed by atoms with E-state index in [9.17, 15) is 0 Å². The summed E-state index contributed by atoms with van der Waals surface area (Å²) in [5, 5.41) is 2.38. The molecule has 0 saturated carbocycles. The summed E-state index contributed by atoms with van der Waals surface area (Å²) in [4.78, 5) is 0. The third-order valence-corrected chi connectivity index (χ3v) is 6.99. The SMILES string of the molecule is CCC1CO[Si](c2ccccc2)(c2ccccc2)O1. The first-order chi connectivity index (χ1) is 9.35. The van der Waals surface area contributed by atoms with Crippen LogP contribution in [0.3, 0.4) is 0 Å². The van der Waals surface area contributed by atoms with Gasteiger partial charge in [0, 0.05) is 0 Å². The highest BCUT2D eigenvalue weighted by molar-refractivity contribution is 6.92. The van der Waals surface area contributed by atoms with Gasteiger partial charge in [0.15, 0.2) is 0 Å². The first-order valence-corrected chi connectivity index (χ1v) is 8.59. The average Bonchev–Trinajstić information content (AvgIpc) is 2.95. The fraction of sp³-hybridized carbons (Fsp3) is 0.250. The van der Waals surface area contributed by atoms with E-state index in [1.165, 1.54) is 10.4 Å². The van der Waals surface area contributed by atoms with Gasteiger partial charge in [-0.15, -0.1) is 0 Å².